The molecule has 0 saturated carbocycles. The number of carbonyl (C=O) groups is 1. The fourth-order valence-electron chi connectivity index (χ4n) is 2.80. The summed E-state index contributed by atoms with van der Waals surface area (Å²) >= 11 is 0. The van der Waals surface area contributed by atoms with Crippen molar-refractivity contribution >= 4 is 17.4 Å². The molecule has 0 radical (unpaired) electrons. The van der Waals surface area contributed by atoms with Crippen LogP contribution in [0.2, 0.25) is 0 Å². The van der Waals surface area contributed by atoms with E-state index in [0.717, 1.165) is 11.8 Å². The van der Waals surface area contributed by atoms with E-state index in [9.17, 15) is 23.1 Å². The molecule has 1 aliphatic heterocycles. The quantitative estimate of drug-likeness (QED) is 0.852. The Hall–Kier alpha value is -3.10. The van der Waals surface area contributed by atoms with Crippen molar-refractivity contribution < 1.29 is 27.8 Å². The van der Waals surface area contributed by atoms with Gasteiger partial charge in [0.15, 0.2) is 0 Å². The smallest absolute Gasteiger partial charge is 0.508 e. The van der Waals surface area contributed by atoms with Gasteiger partial charge in [0.25, 0.3) is 0 Å². The summed E-state index contributed by atoms with van der Waals surface area (Å²) in [7, 11) is 0. The number of rotatable bonds is 3. The lowest BCUT2D eigenvalue weighted by Gasteiger charge is -2.36. The topological polar surface area (TPSA) is 65.0 Å². The molecule has 0 aliphatic carbocycles. The van der Waals surface area contributed by atoms with Crippen LogP contribution < -0.4 is 15.0 Å². The van der Waals surface area contributed by atoms with Crippen LogP contribution >= 0.6 is 0 Å². The minimum Gasteiger partial charge on any atom is -0.508 e. The maximum Gasteiger partial charge on any atom is 0.573 e. The molecule has 2 aromatic carbocycles. The van der Waals surface area contributed by atoms with Gasteiger partial charge in [-0.3, -0.25) is 0 Å². The third kappa shape index (κ3) is 5.19. The van der Waals surface area contributed by atoms with E-state index in [0.29, 0.717) is 26.2 Å². The van der Waals surface area contributed by atoms with E-state index in [-0.39, 0.29) is 17.5 Å². The number of phenolic OH excluding ortho intramolecular Hbond substituents is 1. The van der Waals surface area contributed by atoms with E-state index in [1.807, 2.05) is 0 Å². The Labute approximate surface area is 153 Å². The van der Waals surface area contributed by atoms with Crippen LogP contribution in [0.25, 0.3) is 0 Å². The highest BCUT2D eigenvalue weighted by molar-refractivity contribution is 5.89. The Morgan fingerprint density at radius 1 is 1.04 bits per heavy atom. The van der Waals surface area contributed by atoms with Crippen LogP contribution in [-0.2, 0) is 0 Å². The van der Waals surface area contributed by atoms with E-state index in [1.54, 1.807) is 29.2 Å². The second-order valence-electron chi connectivity index (χ2n) is 6.00. The van der Waals surface area contributed by atoms with Crippen molar-refractivity contribution in [3.63, 3.8) is 0 Å². The molecule has 6 nitrogen and oxygen atoms in total. The molecule has 2 amide bonds. The maximum absolute atomic E-state index is 12.4. The van der Waals surface area contributed by atoms with Gasteiger partial charge in [-0.15, -0.1) is 13.2 Å². The maximum atomic E-state index is 12.4. The molecule has 0 atom stereocenters. The molecule has 1 aliphatic rings. The molecule has 0 unspecified atom stereocenters. The number of anilines is 2. The molecule has 2 aromatic rings. The van der Waals surface area contributed by atoms with Crippen molar-refractivity contribution in [2.75, 3.05) is 36.4 Å². The average Bonchev–Trinajstić information content (AvgIpc) is 2.61. The number of alkyl halides is 3. The minimum absolute atomic E-state index is 0.188. The molecular formula is C18H18F3N3O3. The number of hydrogen-bond donors (Lipinski definition) is 2. The van der Waals surface area contributed by atoms with Crippen molar-refractivity contribution in [3.05, 3.63) is 48.5 Å². The van der Waals surface area contributed by atoms with Gasteiger partial charge in [-0.25, -0.2) is 4.79 Å². The van der Waals surface area contributed by atoms with E-state index in [1.165, 1.54) is 18.2 Å². The highest BCUT2D eigenvalue weighted by Crippen LogP contribution is 2.25. The molecule has 9 heteroatoms. The third-order valence-electron chi connectivity index (χ3n) is 4.10. The van der Waals surface area contributed by atoms with E-state index in [2.05, 4.69) is 15.0 Å². The van der Waals surface area contributed by atoms with Crippen LogP contribution in [0, 0.1) is 0 Å². The van der Waals surface area contributed by atoms with Crippen molar-refractivity contribution in [1.82, 2.24) is 4.90 Å². The van der Waals surface area contributed by atoms with E-state index < -0.39 is 12.1 Å². The SMILES string of the molecule is O=C(Nc1cccc(OC(F)(F)F)c1)N1CCN(c2ccc(O)cc2)CC1. The van der Waals surface area contributed by atoms with Crippen LogP contribution in [0.5, 0.6) is 11.5 Å². The number of carbonyl (C=O) groups excluding carboxylic acids is 1. The van der Waals surface area contributed by atoms with Crippen molar-refractivity contribution in [1.29, 1.82) is 0 Å². The molecule has 144 valence electrons. The summed E-state index contributed by atoms with van der Waals surface area (Å²) in [6.45, 7) is 2.14. The molecule has 1 fully saturated rings. The van der Waals surface area contributed by atoms with Crippen LogP contribution in [0.15, 0.2) is 48.5 Å². The number of urea groups is 1. The van der Waals surface area contributed by atoms with Crippen LogP contribution in [0.1, 0.15) is 0 Å². The Morgan fingerprint density at radius 2 is 1.70 bits per heavy atom. The van der Waals surface area contributed by atoms with Gasteiger partial charge < -0.3 is 25.0 Å². The number of hydrogen-bond acceptors (Lipinski definition) is 4. The normalized spacial score (nSPS) is 14.8. The molecule has 1 heterocycles. The zero-order valence-corrected chi connectivity index (χ0v) is 14.2. The number of nitrogens with zero attached hydrogens (tertiary/aromatic N) is 2. The zero-order chi connectivity index (χ0) is 19.4. The second kappa shape index (κ2) is 7.65. The van der Waals surface area contributed by atoms with E-state index >= 15 is 0 Å². The van der Waals surface area contributed by atoms with Gasteiger partial charge in [0, 0.05) is 43.6 Å². The second-order valence-corrected chi connectivity index (χ2v) is 6.00. The lowest BCUT2D eigenvalue weighted by Crippen LogP contribution is -2.50. The molecule has 2 N–H and O–H groups in total. The predicted octanol–water partition coefficient (Wildman–Crippen LogP) is 3.64. The first kappa shape index (κ1) is 18.7. The number of piperazine rings is 1. The predicted molar refractivity (Wildman–Crippen MR) is 94.0 cm³/mol. The number of benzene rings is 2. The molecule has 0 aromatic heterocycles. The van der Waals surface area contributed by atoms with Gasteiger partial charge in [-0.05, 0) is 36.4 Å². The highest BCUT2D eigenvalue weighted by Gasteiger charge is 2.31. The lowest BCUT2D eigenvalue weighted by molar-refractivity contribution is -0.274. The summed E-state index contributed by atoms with van der Waals surface area (Å²) in [6.07, 6.45) is -4.78. The Kier molecular flexibility index (Phi) is 5.29. The number of amides is 2. The largest absolute Gasteiger partial charge is 0.573 e. The molecule has 3 rings (SSSR count). The van der Waals surface area contributed by atoms with Gasteiger partial charge in [-0.1, -0.05) is 6.07 Å². The third-order valence-corrected chi connectivity index (χ3v) is 4.10. The Bertz CT molecular complexity index is 788. The lowest BCUT2D eigenvalue weighted by atomic mass is 10.2. The summed E-state index contributed by atoms with van der Waals surface area (Å²) in [5.41, 5.74) is 1.17. The first-order valence-corrected chi connectivity index (χ1v) is 8.26. The summed E-state index contributed by atoms with van der Waals surface area (Å²) < 4.78 is 40.7. The van der Waals surface area contributed by atoms with Crippen molar-refractivity contribution in [2.45, 2.75) is 6.36 Å². The molecule has 0 bridgehead atoms. The first-order chi connectivity index (χ1) is 12.8. The Balaban J connectivity index is 1.55. The molecule has 27 heavy (non-hydrogen) atoms. The summed E-state index contributed by atoms with van der Waals surface area (Å²) in [5, 5.41) is 11.9. The average molecular weight is 381 g/mol. The summed E-state index contributed by atoms with van der Waals surface area (Å²) in [4.78, 5) is 16.0. The minimum atomic E-state index is -4.78. The van der Waals surface area contributed by atoms with Gasteiger partial charge in [0.1, 0.15) is 11.5 Å². The van der Waals surface area contributed by atoms with Gasteiger partial charge >= 0.3 is 12.4 Å². The van der Waals surface area contributed by atoms with Gasteiger partial charge in [-0.2, -0.15) is 0 Å². The fraction of sp³-hybridized carbons (Fsp3) is 0.278. The summed E-state index contributed by atoms with van der Waals surface area (Å²) in [5.74, 6) is -0.203. The standard InChI is InChI=1S/C18H18F3N3O3/c19-18(20,21)27-16-3-1-2-13(12-16)22-17(26)24-10-8-23(9-11-24)14-4-6-15(25)7-5-14/h1-7,12,25H,8-11H2,(H,22,26). The van der Waals surface area contributed by atoms with Crippen molar-refractivity contribution in [3.8, 4) is 11.5 Å². The van der Waals surface area contributed by atoms with Crippen LogP contribution in [0.3, 0.4) is 0 Å². The molecule has 1 saturated heterocycles. The van der Waals surface area contributed by atoms with Gasteiger partial charge in [0.2, 0.25) is 0 Å². The summed E-state index contributed by atoms with van der Waals surface area (Å²) in [6, 6.07) is 11.6. The number of nitrogens with one attached hydrogen (secondary N) is 1. The number of phenols is 1. The van der Waals surface area contributed by atoms with E-state index in [4.69, 9.17) is 0 Å². The highest BCUT2D eigenvalue weighted by atomic mass is 19.4. The van der Waals surface area contributed by atoms with Crippen molar-refractivity contribution in [2.24, 2.45) is 0 Å². The zero-order valence-electron chi connectivity index (χ0n) is 14.2. The first-order valence-electron chi connectivity index (χ1n) is 8.26. The van der Waals surface area contributed by atoms with Crippen LogP contribution in [-0.4, -0.2) is 48.6 Å². The molecular weight excluding hydrogens is 363 g/mol. The van der Waals surface area contributed by atoms with Gasteiger partial charge in [0.05, 0.1) is 0 Å². The number of ether oxygens (including phenoxy) is 1. The number of aromatic hydroxyl groups is 1. The molecule has 0 spiro atoms. The Morgan fingerprint density at radius 3 is 2.33 bits per heavy atom. The fourth-order valence-corrected chi connectivity index (χ4v) is 2.80. The van der Waals surface area contributed by atoms with Crippen LogP contribution in [0.4, 0.5) is 29.3 Å². The number of halogens is 3. The monoisotopic (exact) mass is 381 g/mol.